The van der Waals surface area contributed by atoms with Gasteiger partial charge in [0, 0.05) is 23.9 Å². The van der Waals surface area contributed by atoms with Gasteiger partial charge in [-0.1, -0.05) is 35.5 Å². The number of benzene rings is 2. The number of ether oxygens (including phenoxy) is 2. The molecular formula is C22H23FN4O4. The van der Waals surface area contributed by atoms with Gasteiger partial charge in [0.25, 0.3) is 5.89 Å². The minimum atomic E-state index is -1.91. The zero-order valence-electron chi connectivity index (χ0n) is 17.3. The third kappa shape index (κ3) is 4.30. The summed E-state index contributed by atoms with van der Waals surface area (Å²) in [5, 5.41) is 6.69. The van der Waals surface area contributed by atoms with Gasteiger partial charge in [0.05, 0.1) is 20.8 Å². The van der Waals surface area contributed by atoms with E-state index in [-0.39, 0.29) is 18.9 Å². The number of anilines is 1. The number of nitrogens with one attached hydrogen (secondary N) is 1. The molecule has 0 saturated carbocycles. The number of hydrogen-bond acceptors (Lipinski definition) is 6. The molecule has 31 heavy (non-hydrogen) atoms. The zero-order chi connectivity index (χ0) is 21.8. The van der Waals surface area contributed by atoms with E-state index in [1.165, 1.54) is 19.1 Å². The van der Waals surface area contributed by atoms with E-state index < -0.39 is 11.7 Å². The second-order valence-corrected chi connectivity index (χ2v) is 7.28. The molecule has 1 fully saturated rings. The number of piperidine rings is 1. The van der Waals surface area contributed by atoms with E-state index in [2.05, 4.69) is 15.5 Å². The number of likely N-dealkylation sites (tertiary alicyclic amines) is 1. The second-order valence-electron chi connectivity index (χ2n) is 7.28. The van der Waals surface area contributed by atoms with Gasteiger partial charge in [-0.2, -0.15) is 4.98 Å². The number of carbonyl (C=O) groups is 1. The molecule has 9 heteroatoms. The zero-order valence-corrected chi connectivity index (χ0v) is 17.3. The van der Waals surface area contributed by atoms with Crippen molar-refractivity contribution in [1.29, 1.82) is 0 Å². The van der Waals surface area contributed by atoms with Crippen LogP contribution in [-0.2, 0) is 5.67 Å². The van der Waals surface area contributed by atoms with Crippen LogP contribution in [0, 0.1) is 0 Å². The third-order valence-corrected chi connectivity index (χ3v) is 5.21. The average molecular weight is 426 g/mol. The lowest BCUT2D eigenvalue weighted by atomic mass is 9.94. The molecule has 1 N–H and O–H groups in total. The number of amides is 2. The topological polar surface area (TPSA) is 89.7 Å². The Hall–Kier alpha value is -3.62. The van der Waals surface area contributed by atoms with Crippen LogP contribution in [0.15, 0.2) is 53.1 Å². The van der Waals surface area contributed by atoms with Crippen molar-refractivity contribution in [2.24, 2.45) is 0 Å². The largest absolute Gasteiger partial charge is 0.493 e. The monoisotopic (exact) mass is 426 g/mol. The summed E-state index contributed by atoms with van der Waals surface area (Å²) in [6.07, 6.45) is 0.669. The van der Waals surface area contributed by atoms with Crippen LogP contribution in [0.3, 0.4) is 0 Å². The van der Waals surface area contributed by atoms with Crippen molar-refractivity contribution < 1.29 is 23.2 Å². The first-order valence-corrected chi connectivity index (χ1v) is 9.89. The summed E-state index contributed by atoms with van der Waals surface area (Å²) in [6.45, 7) is 0.243. The summed E-state index contributed by atoms with van der Waals surface area (Å²) >= 11 is 0. The summed E-state index contributed by atoms with van der Waals surface area (Å²) in [4.78, 5) is 18.4. The van der Waals surface area contributed by atoms with Crippen molar-refractivity contribution in [1.82, 2.24) is 15.0 Å². The Labute approximate surface area is 179 Å². The first-order valence-electron chi connectivity index (χ1n) is 9.89. The van der Waals surface area contributed by atoms with Gasteiger partial charge in [-0.05, 0) is 25.0 Å². The average Bonchev–Trinajstić information content (AvgIpc) is 3.31. The van der Waals surface area contributed by atoms with Gasteiger partial charge in [-0.15, -0.1) is 0 Å². The molecule has 1 aliphatic heterocycles. The fourth-order valence-corrected chi connectivity index (χ4v) is 3.59. The quantitative estimate of drug-likeness (QED) is 0.656. The van der Waals surface area contributed by atoms with E-state index in [4.69, 9.17) is 14.0 Å². The van der Waals surface area contributed by atoms with Crippen LogP contribution in [0.2, 0.25) is 0 Å². The molecule has 2 amide bonds. The molecule has 4 rings (SSSR count). The normalized spacial score (nSPS) is 18.5. The number of alkyl halides is 1. The summed E-state index contributed by atoms with van der Waals surface area (Å²) in [7, 11) is 3.05. The van der Waals surface area contributed by atoms with E-state index in [9.17, 15) is 4.79 Å². The molecule has 8 nitrogen and oxygen atoms in total. The van der Waals surface area contributed by atoms with E-state index >= 15 is 4.39 Å². The van der Waals surface area contributed by atoms with Crippen molar-refractivity contribution in [3.05, 3.63) is 54.4 Å². The Balaban J connectivity index is 1.48. The Morgan fingerprint density at radius 2 is 1.94 bits per heavy atom. The summed E-state index contributed by atoms with van der Waals surface area (Å²) in [5.41, 5.74) is -0.658. The highest BCUT2D eigenvalue weighted by atomic mass is 19.1. The number of methoxy groups -OCH3 is 2. The first kappa shape index (κ1) is 20.6. The fraction of sp³-hybridized carbons (Fsp3) is 0.318. The highest BCUT2D eigenvalue weighted by Crippen LogP contribution is 2.36. The molecule has 0 aliphatic carbocycles. The fourth-order valence-electron chi connectivity index (χ4n) is 3.59. The molecule has 162 valence electrons. The second kappa shape index (κ2) is 8.63. The molecule has 1 aliphatic rings. The van der Waals surface area contributed by atoms with Crippen molar-refractivity contribution in [2.75, 3.05) is 32.6 Å². The molecule has 1 unspecified atom stereocenters. The van der Waals surface area contributed by atoms with Crippen molar-refractivity contribution in [3.63, 3.8) is 0 Å². The van der Waals surface area contributed by atoms with Crippen LogP contribution in [0.4, 0.5) is 14.9 Å². The Morgan fingerprint density at radius 1 is 1.16 bits per heavy atom. The third-order valence-electron chi connectivity index (χ3n) is 5.21. The van der Waals surface area contributed by atoms with E-state index in [0.717, 1.165) is 5.56 Å². The SMILES string of the molecule is COc1ccc(NC(=O)N2CCCC(F)(c3nc(-c4ccccc4)no3)C2)cc1OC. The Bertz CT molecular complexity index is 1060. The number of rotatable bonds is 5. The highest BCUT2D eigenvalue weighted by Gasteiger charge is 2.44. The van der Waals surface area contributed by atoms with E-state index in [0.29, 0.717) is 36.0 Å². The summed E-state index contributed by atoms with van der Waals surface area (Å²) in [5.74, 6) is 1.24. The predicted molar refractivity (Wildman–Crippen MR) is 112 cm³/mol. The molecule has 1 atom stereocenters. The lowest BCUT2D eigenvalue weighted by molar-refractivity contribution is 0.0333. The number of nitrogens with zero attached hydrogens (tertiary/aromatic N) is 3. The molecule has 0 radical (unpaired) electrons. The molecular weight excluding hydrogens is 403 g/mol. The van der Waals surface area contributed by atoms with Gasteiger partial charge in [0.15, 0.2) is 11.5 Å². The van der Waals surface area contributed by atoms with E-state index in [1.807, 2.05) is 30.3 Å². The Kier molecular flexibility index (Phi) is 5.75. The van der Waals surface area contributed by atoms with Crippen molar-refractivity contribution in [2.45, 2.75) is 18.5 Å². The van der Waals surface area contributed by atoms with Crippen LogP contribution in [-0.4, -0.2) is 48.4 Å². The lowest BCUT2D eigenvalue weighted by Crippen LogP contribution is -2.48. The minimum absolute atomic E-state index is 0.116. The lowest BCUT2D eigenvalue weighted by Gasteiger charge is -2.35. The maximum absolute atomic E-state index is 15.7. The smallest absolute Gasteiger partial charge is 0.321 e. The number of hydrogen-bond donors (Lipinski definition) is 1. The van der Waals surface area contributed by atoms with Gasteiger partial charge in [-0.3, -0.25) is 0 Å². The van der Waals surface area contributed by atoms with Gasteiger partial charge in [0.1, 0.15) is 0 Å². The highest BCUT2D eigenvalue weighted by molar-refractivity contribution is 5.90. The van der Waals surface area contributed by atoms with Gasteiger partial charge >= 0.3 is 6.03 Å². The van der Waals surface area contributed by atoms with Gasteiger partial charge < -0.3 is 24.2 Å². The molecule has 2 aromatic carbocycles. The summed E-state index contributed by atoms with van der Waals surface area (Å²) < 4.78 is 31.4. The van der Waals surface area contributed by atoms with Gasteiger partial charge in [0.2, 0.25) is 11.5 Å². The molecule has 3 aromatic rings. The standard InChI is InChI=1S/C22H23FN4O4/c1-29-17-10-9-16(13-18(17)30-2)24-21(28)27-12-6-11-22(23,14-27)20-25-19(26-31-20)15-7-4-3-5-8-15/h3-5,7-10,13H,6,11-12,14H2,1-2H3,(H,24,28). The van der Waals surface area contributed by atoms with Crippen molar-refractivity contribution >= 4 is 11.7 Å². The number of carbonyl (C=O) groups excluding carboxylic acids is 1. The minimum Gasteiger partial charge on any atom is -0.493 e. The number of aromatic nitrogens is 2. The molecule has 0 bridgehead atoms. The Morgan fingerprint density at radius 3 is 2.68 bits per heavy atom. The van der Waals surface area contributed by atoms with Crippen LogP contribution >= 0.6 is 0 Å². The molecule has 2 heterocycles. The van der Waals surface area contributed by atoms with Crippen LogP contribution in [0.5, 0.6) is 11.5 Å². The van der Waals surface area contributed by atoms with E-state index in [1.54, 1.807) is 18.2 Å². The summed E-state index contributed by atoms with van der Waals surface area (Å²) in [6, 6.07) is 13.8. The van der Waals surface area contributed by atoms with Gasteiger partial charge in [-0.25, -0.2) is 9.18 Å². The maximum Gasteiger partial charge on any atom is 0.321 e. The number of halogens is 1. The van der Waals surface area contributed by atoms with Crippen LogP contribution in [0.25, 0.3) is 11.4 Å². The molecule has 0 spiro atoms. The van der Waals surface area contributed by atoms with Crippen LogP contribution < -0.4 is 14.8 Å². The van der Waals surface area contributed by atoms with Crippen LogP contribution in [0.1, 0.15) is 18.7 Å². The maximum atomic E-state index is 15.7. The molecule has 1 saturated heterocycles. The van der Waals surface area contributed by atoms with Crippen molar-refractivity contribution in [3.8, 4) is 22.9 Å². The molecule has 1 aromatic heterocycles. The first-order chi connectivity index (χ1) is 15.0. The predicted octanol–water partition coefficient (Wildman–Crippen LogP) is 4.25. The number of urea groups is 1.